The van der Waals surface area contributed by atoms with Crippen LogP contribution in [-0.2, 0) is 0 Å². The van der Waals surface area contributed by atoms with Crippen LogP contribution in [0.1, 0.15) is 11.6 Å². The number of hydrogen-bond acceptors (Lipinski definition) is 3. The topological polar surface area (TPSA) is 50.1 Å². The molecule has 0 saturated heterocycles. The van der Waals surface area contributed by atoms with E-state index in [-0.39, 0.29) is 12.6 Å². The minimum atomic E-state index is -0.0579. The number of rotatable bonds is 4. The molecule has 0 saturated carbocycles. The van der Waals surface area contributed by atoms with Crippen molar-refractivity contribution in [2.75, 3.05) is 13.7 Å². The minimum Gasteiger partial charge on any atom is -0.394 e. The first-order valence-electron chi connectivity index (χ1n) is 5.23. The summed E-state index contributed by atoms with van der Waals surface area (Å²) in [6.45, 7) is 0.0665. The van der Waals surface area contributed by atoms with Crippen molar-refractivity contribution in [1.82, 2.24) is 15.1 Å². The third-order valence-corrected chi connectivity index (χ3v) is 2.56. The minimum absolute atomic E-state index is 0.0579. The molecule has 4 nitrogen and oxygen atoms in total. The van der Waals surface area contributed by atoms with Gasteiger partial charge in [0.05, 0.1) is 24.5 Å². The summed E-state index contributed by atoms with van der Waals surface area (Å²) in [4.78, 5) is 0. The molecule has 1 aromatic heterocycles. The third kappa shape index (κ3) is 2.13. The van der Waals surface area contributed by atoms with Crippen LogP contribution in [0.15, 0.2) is 42.7 Å². The van der Waals surface area contributed by atoms with Gasteiger partial charge >= 0.3 is 0 Å². The summed E-state index contributed by atoms with van der Waals surface area (Å²) in [5.74, 6) is 0. The number of aliphatic hydroxyl groups is 1. The largest absolute Gasteiger partial charge is 0.394 e. The molecule has 2 aromatic rings. The van der Waals surface area contributed by atoms with E-state index in [1.807, 2.05) is 43.6 Å². The summed E-state index contributed by atoms with van der Waals surface area (Å²) in [6, 6.07) is 9.83. The van der Waals surface area contributed by atoms with Crippen LogP contribution in [0, 0.1) is 0 Å². The number of benzene rings is 1. The molecule has 1 unspecified atom stereocenters. The van der Waals surface area contributed by atoms with Crippen LogP contribution in [0.4, 0.5) is 0 Å². The van der Waals surface area contributed by atoms with Gasteiger partial charge in [-0.05, 0) is 19.2 Å². The van der Waals surface area contributed by atoms with E-state index < -0.39 is 0 Å². The summed E-state index contributed by atoms with van der Waals surface area (Å²) in [5.41, 5.74) is 2.00. The zero-order chi connectivity index (χ0) is 11.4. The average molecular weight is 217 g/mol. The lowest BCUT2D eigenvalue weighted by molar-refractivity contribution is 0.251. The summed E-state index contributed by atoms with van der Waals surface area (Å²) in [5, 5.41) is 16.5. The van der Waals surface area contributed by atoms with Crippen LogP contribution < -0.4 is 5.32 Å². The Bertz CT molecular complexity index is 435. The first kappa shape index (κ1) is 10.9. The molecule has 1 aromatic carbocycles. The van der Waals surface area contributed by atoms with E-state index >= 15 is 0 Å². The Labute approximate surface area is 94.5 Å². The summed E-state index contributed by atoms with van der Waals surface area (Å²) < 4.78 is 1.80. The lowest BCUT2D eigenvalue weighted by Gasteiger charge is -2.09. The van der Waals surface area contributed by atoms with Gasteiger partial charge in [0.15, 0.2) is 0 Å². The molecule has 0 amide bonds. The van der Waals surface area contributed by atoms with Gasteiger partial charge < -0.3 is 10.4 Å². The maximum Gasteiger partial charge on any atom is 0.0645 e. The monoisotopic (exact) mass is 217 g/mol. The fraction of sp³-hybridized carbons (Fsp3) is 0.250. The van der Waals surface area contributed by atoms with Crippen molar-refractivity contribution in [1.29, 1.82) is 0 Å². The lowest BCUT2D eigenvalue weighted by Crippen LogP contribution is -2.19. The Balaban J connectivity index is 2.26. The van der Waals surface area contributed by atoms with Crippen LogP contribution in [0.2, 0.25) is 0 Å². The van der Waals surface area contributed by atoms with E-state index in [9.17, 15) is 0 Å². The molecule has 4 heteroatoms. The number of aliphatic hydroxyl groups excluding tert-OH is 1. The molecule has 0 bridgehead atoms. The van der Waals surface area contributed by atoms with Gasteiger partial charge in [0, 0.05) is 11.8 Å². The Kier molecular flexibility index (Phi) is 3.34. The van der Waals surface area contributed by atoms with Gasteiger partial charge in [-0.25, -0.2) is 4.68 Å². The molecule has 2 rings (SSSR count). The van der Waals surface area contributed by atoms with Crippen LogP contribution in [-0.4, -0.2) is 28.5 Å². The second-order valence-electron chi connectivity index (χ2n) is 3.58. The Morgan fingerprint density at radius 3 is 2.75 bits per heavy atom. The van der Waals surface area contributed by atoms with Crippen LogP contribution in [0.3, 0.4) is 0 Å². The molecule has 84 valence electrons. The average Bonchev–Trinajstić information content (AvgIpc) is 2.81. The molecule has 0 fully saturated rings. The second-order valence-corrected chi connectivity index (χ2v) is 3.58. The SMILES string of the molecule is CNC(CO)c1cnn(-c2ccccc2)c1. The zero-order valence-electron chi connectivity index (χ0n) is 9.17. The lowest BCUT2D eigenvalue weighted by atomic mass is 10.2. The van der Waals surface area contributed by atoms with E-state index in [0.717, 1.165) is 11.3 Å². The van der Waals surface area contributed by atoms with Crippen LogP contribution in [0.25, 0.3) is 5.69 Å². The maximum absolute atomic E-state index is 9.16. The molecule has 2 N–H and O–H groups in total. The fourth-order valence-corrected chi connectivity index (χ4v) is 1.60. The quantitative estimate of drug-likeness (QED) is 0.807. The van der Waals surface area contributed by atoms with E-state index in [0.29, 0.717) is 0 Å². The van der Waals surface area contributed by atoms with Gasteiger partial charge in [-0.1, -0.05) is 18.2 Å². The second kappa shape index (κ2) is 4.92. The Hall–Kier alpha value is -1.65. The molecule has 0 aliphatic carbocycles. The maximum atomic E-state index is 9.16. The van der Waals surface area contributed by atoms with Crippen LogP contribution in [0.5, 0.6) is 0 Å². The number of aromatic nitrogens is 2. The zero-order valence-corrected chi connectivity index (χ0v) is 9.17. The van der Waals surface area contributed by atoms with Gasteiger partial charge in [-0.3, -0.25) is 0 Å². The Morgan fingerprint density at radius 1 is 1.38 bits per heavy atom. The van der Waals surface area contributed by atoms with Gasteiger partial charge in [-0.2, -0.15) is 5.10 Å². The highest BCUT2D eigenvalue weighted by Crippen LogP contribution is 2.13. The van der Waals surface area contributed by atoms with E-state index in [2.05, 4.69) is 10.4 Å². The van der Waals surface area contributed by atoms with Crippen molar-refractivity contribution in [2.24, 2.45) is 0 Å². The highest BCUT2D eigenvalue weighted by molar-refractivity contribution is 5.31. The fourth-order valence-electron chi connectivity index (χ4n) is 1.60. The number of likely N-dealkylation sites (N-methyl/N-ethyl adjacent to an activating group) is 1. The van der Waals surface area contributed by atoms with Crippen molar-refractivity contribution in [3.8, 4) is 5.69 Å². The van der Waals surface area contributed by atoms with Gasteiger partial charge in [0.2, 0.25) is 0 Å². The van der Waals surface area contributed by atoms with Crippen molar-refractivity contribution in [3.63, 3.8) is 0 Å². The van der Waals surface area contributed by atoms with Crippen molar-refractivity contribution in [3.05, 3.63) is 48.3 Å². The highest BCUT2D eigenvalue weighted by Gasteiger charge is 2.10. The van der Waals surface area contributed by atoms with E-state index in [4.69, 9.17) is 5.11 Å². The molecule has 0 aliphatic heterocycles. The number of nitrogens with zero attached hydrogens (tertiary/aromatic N) is 2. The van der Waals surface area contributed by atoms with Gasteiger partial charge in [-0.15, -0.1) is 0 Å². The number of para-hydroxylation sites is 1. The summed E-state index contributed by atoms with van der Waals surface area (Å²) in [7, 11) is 1.82. The molecular formula is C12H15N3O. The molecule has 1 heterocycles. The molecule has 0 radical (unpaired) electrons. The third-order valence-electron chi connectivity index (χ3n) is 2.56. The normalized spacial score (nSPS) is 12.6. The predicted octanol–water partition coefficient (Wildman–Crippen LogP) is 1.13. The van der Waals surface area contributed by atoms with Crippen LogP contribution >= 0.6 is 0 Å². The van der Waals surface area contributed by atoms with Crippen molar-refractivity contribution >= 4 is 0 Å². The summed E-state index contributed by atoms with van der Waals surface area (Å²) in [6.07, 6.45) is 3.69. The molecular weight excluding hydrogens is 202 g/mol. The predicted molar refractivity (Wildman–Crippen MR) is 62.5 cm³/mol. The smallest absolute Gasteiger partial charge is 0.0645 e. The molecule has 0 spiro atoms. The van der Waals surface area contributed by atoms with E-state index in [1.165, 1.54) is 0 Å². The first-order chi connectivity index (χ1) is 7.85. The Morgan fingerprint density at radius 2 is 2.12 bits per heavy atom. The molecule has 1 atom stereocenters. The first-order valence-corrected chi connectivity index (χ1v) is 5.23. The molecule has 0 aliphatic rings. The van der Waals surface area contributed by atoms with E-state index in [1.54, 1.807) is 10.9 Å². The van der Waals surface area contributed by atoms with Crippen molar-refractivity contribution < 1.29 is 5.11 Å². The number of hydrogen-bond donors (Lipinski definition) is 2. The highest BCUT2D eigenvalue weighted by atomic mass is 16.3. The van der Waals surface area contributed by atoms with Crippen molar-refractivity contribution in [2.45, 2.75) is 6.04 Å². The standard InChI is InChI=1S/C12H15N3O/c1-13-12(9-16)10-7-14-15(8-10)11-5-3-2-4-6-11/h2-8,12-13,16H,9H2,1H3. The van der Waals surface area contributed by atoms with Gasteiger partial charge in [0.25, 0.3) is 0 Å². The number of nitrogens with one attached hydrogen (secondary N) is 1. The summed E-state index contributed by atoms with van der Waals surface area (Å²) >= 11 is 0. The molecule has 16 heavy (non-hydrogen) atoms. The van der Waals surface area contributed by atoms with Gasteiger partial charge in [0.1, 0.15) is 0 Å².